The first kappa shape index (κ1) is 19.2. The zero-order valence-corrected chi connectivity index (χ0v) is 17.1. The minimum Gasteiger partial charge on any atom is -0.325 e. The number of amides is 1. The average Bonchev–Trinajstić information content (AvgIpc) is 2.75. The highest BCUT2D eigenvalue weighted by Gasteiger charge is 2.19. The second kappa shape index (κ2) is 8.45. The molecule has 1 N–H and O–H groups in total. The molecule has 0 saturated carbocycles. The molecule has 0 unspecified atom stereocenters. The van der Waals surface area contributed by atoms with Crippen LogP contribution in [-0.2, 0) is 4.79 Å². The lowest BCUT2D eigenvalue weighted by Crippen LogP contribution is -2.23. The highest BCUT2D eigenvalue weighted by molar-refractivity contribution is 8.00. The number of aryl methyl sites for hydroxylation is 1. The molecule has 4 aromatic rings. The molecule has 0 radical (unpaired) electrons. The molecule has 0 bridgehead atoms. The first-order chi connectivity index (χ1) is 14.1. The fourth-order valence-electron chi connectivity index (χ4n) is 3.02. The van der Waals surface area contributed by atoms with E-state index in [9.17, 15) is 4.79 Å². The minimum atomic E-state index is -0.309. The average molecular weight is 400 g/mol. The van der Waals surface area contributed by atoms with E-state index >= 15 is 0 Å². The first-order valence-electron chi connectivity index (χ1n) is 9.47. The van der Waals surface area contributed by atoms with Gasteiger partial charge in [0.2, 0.25) is 5.91 Å². The number of anilines is 1. The Morgan fingerprint density at radius 2 is 1.59 bits per heavy atom. The number of nitrogens with zero attached hydrogens (tertiary/aromatic N) is 2. The smallest absolute Gasteiger partial charge is 0.237 e. The van der Waals surface area contributed by atoms with Gasteiger partial charge in [0.1, 0.15) is 5.03 Å². The Kier molecular flexibility index (Phi) is 5.58. The van der Waals surface area contributed by atoms with Gasteiger partial charge in [0.25, 0.3) is 0 Å². The van der Waals surface area contributed by atoms with Gasteiger partial charge in [0, 0.05) is 16.6 Å². The first-order valence-corrected chi connectivity index (χ1v) is 10.3. The summed E-state index contributed by atoms with van der Waals surface area (Å²) in [6.45, 7) is 3.88. The number of thioether (sulfide) groups is 1. The SMILES string of the molecule is Cc1ccccc1NC(=O)[C@@H](C)Sc1nc(-c2ccccc2)nc2ccccc12. The van der Waals surface area contributed by atoms with E-state index in [0.717, 1.165) is 32.7 Å². The number of carbonyl (C=O) groups excluding carboxylic acids is 1. The van der Waals surface area contributed by atoms with Gasteiger partial charge in [-0.3, -0.25) is 4.79 Å². The number of rotatable bonds is 5. The van der Waals surface area contributed by atoms with Crippen molar-refractivity contribution in [2.45, 2.75) is 24.1 Å². The predicted octanol–water partition coefficient (Wildman–Crippen LogP) is 5.72. The Bertz CT molecular complexity index is 1160. The van der Waals surface area contributed by atoms with E-state index in [2.05, 4.69) is 5.32 Å². The van der Waals surface area contributed by atoms with E-state index in [-0.39, 0.29) is 11.2 Å². The van der Waals surface area contributed by atoms with Gasteiger partial charge in [-0.15, -0.1) is 0 Å². The van der Waals surface area contributed by atoms with Crippen molar-refractivity contribution in [2.75, 3.05) is 5.32 Å². The monoisotopic (exact) mass is 399 g/mol. The van der Waals surface area contributed by atoms with Crippen LogP contribution in [0.1, 0.15) is 12.5 Å². The quantitative estimate of drug-likeness (QED) is 0.344. The van der Waals surface area contributed by atoms with Crippen LogP contribution < -0.4 is 5.32 Å². The third kappa shape index (κ3) is 4.30. The van der Waals surface area contributed by atoms with Crippen LogP contribution >= 0.6 is 11.8 Å². The summed E-state index contributed by atoms with van der Waals surface area (Å²) in [4.78, 5) is 22.3. The number of fused-ring (bicyclic) bond motifs is 1. The number of nitrogens with one attached hydrogen (secondary N) is 1. The van der Waals surface area contributed by atoms with Gasteiger partial charge in [-0.25, -0.2) is 9.97 Å². The van der Waals surface area contributed by atoms with Gasteiger partial charge in [0.05, 0.1) is 10.8 Å². The second-order valence-electron chi connectivity index (χ2n) is 6.80. The van der Waals surface area contributed by atoms with Crippen molar-refractivity contribution in [3.05, 3.63) is 84.4 Å². The topological polar surface area (TPSA) is 54.9 Å². The number of aromatic nitrogens is 2. The summed E-state index contributed by atoms with van der Waals surface area (Å²) in [5, 5.41) is 4.47. The third-order valence-corrected chi connectivity index (χ3v) is 5.76. The summed E-state index contributed by atoms with van der Waals surface area (Å²) in [6.07, 6.45) is 0. The number of hydrogen-bond donors (Lipinski definition) is 1. The zero-order valence-electron chi connectivity index (χ0n) is 16.3. The molecule has 0 aliphatic rings. The van der Waals surface area contributed by atoms with E-state index in [1.165, 1.54) is 11.8 Å². The van der Waals surface area contributed by atoms with E-state index in [1.54, 1.807) is 0 Å². The lowest BCUT2D eigenvalue weighted by molar-refractivity contribution is -0.115. The van der Waals surface area contributed by atoms with Crippen LogP contribution in [0.25, 0.3) is 22.3 Å². The molecule has 0 spiro atoms. The highest BCUT2D eigenvalue weighted by atomic mass is 32.2. The Balaban J connectivity index is 1.64. The van der Waals surface area contributed by atoms with Gasteiger partial charge in [-0.1, -0.05) is 78.5 Å². The van der Waals surface area contributed by atoms with Crippen molar-refractivity contribution in [2.24, 2.45) is 0 Å². The van der Waals surface area contributed by atoms with Gasteiger partial charge in [-0.05, 0) is 31.5 Å². The van der Waals surface area contributed by atoms with Crippen LogP contribution in [0.3, 0.4) is 0 Å². The van der Waals surface area contributed by atoms with Gasteiger partial charge >= 0.3 is 0 Å². The van der Waals surface area contributed by atoms with Crippen LogP contribution in [-0.4, -0.2) is 21.1 Å². The van der Waals surface area contributed by atoms with E-state index in [4.69, 9.17) is 9.97 Å². The minimum absolute atomic E-state index is 0.0479. The molecular formula is C24H21N3OS. The zero-order chi connectivity index (χ0) is 20.2. The number of benzene rings is 3. The Labute approximate surface area is 174 Å². The second-order valence-corrected chi connectivity index (χ2v) is 8.13. The largest absolute Gasteiger partial charge is 0.325 e. The van der Waals surface area contributed by atoms with Gasteiger partial charge in [-0.2, -0.15) is 0 Å². The summed E-state index contributed by atoms with van der Waals surface area (Å²) >= 11 is 1.45. The van der Waals surface area contributed by atoms with Crippen LogP contribution in [0.2, 0.25) is 0 Å². The Morgan fingerprint density at radius 1 is 0.897 bits per heavy atom. The molecule has 0 aliphatic heterocycles. The molecule has 3 aromatic carbocycles. The predicted molar refractivity (Wildman–Crippen MR) is 120 cm³/mol. The van der Waals surface area contributed by atoms with E-state index in [0.29, 0.717) is 5.82 Å². The molecule has 1 amide bonds. The maximum atomic E-state index is 12.8. The molecule has 1 aromatic heterocycles. The summed E-state index contributed by atoms with van der Waals surface area (Å²) < 4.78 is 0. The van der Waals surface area contributed by atoms with Crippen LogP contribution in [0.5, 0.6) is 0 Å². The summed E-state index contributed by atoms with van der Waals surface area (Å²) in [6, 6.07) is 25.6. The van der Waals surface area contributed by atoms with E-state index < -0.39 is 0 Å². The molecule has 5 heteroatoms. The Morgan fingerprint density at radius 3 is 2.38 bits per heavy atom. The molecule has 144 valence electrons. The van der Waals surface area contributed by atoms with Crippen LogP contribution in [0.15, 0.2) is 83.9 Å². The molecule has 4 nitrogen and oxygen atoms in total. The standard InChI is InChI=1S/C24H21N3OS/c1-16-10-6-8-14-20(16)26-23(28)17(2)29-24-19-13-7-9-15-21(19)25-22(27-24)18-11-4-3-5-12-18/h3-15,17H,1-2H3,(H,26,28)/t17-/m1/s1. The molecule has 1 atom stereocenters. The van der Waals surface area contributed by atoms with Crippen molar-refractivity contribution < 1.29 is 4.79 Å². The molecule has 29 heavy (non-hydrogen) atoms. The van der Waals surface area contributed by atoms with E-state index in [1.807, 2.05) is 92.7 Å². The fourth-order valence-corrected chi connectivity index (χ4v) is 3.96. The summed E-state index contributed by atoms with van der Waals surface area (Å²) in [5.74, 6) is 0.617. The fraction of sp³-hybridized carbons (Fsp3) is 0.125. The third-order valence-electron chi connectivity index (χ3n) is 4.66. The van der Waals surface area contributed by atoms with Crippen LogP contribution in [0, 0.1) is 6.92 Å². The number of hydrogen-bond acceptors (Lipinski definition) is 4. The maximum absolute atomic E-state index is 12.8. The number of para-hydroxylation sites is 2. The van der Waals surface area contributed by atoms with Crippen molar-refractivity contribution in [1.29, 1.82) is 0 Å². The summed E-state index contributed by atoms with van der Waals surface area (Å²) in [5.41, 5.74) is 3.70. The molecule has 0 saturated heterocycles. The normalized spacial score (nSPS) is 11.9. The molecule has 0 fully saturated rings. The van der Waals surface area contributed by atoms with Crippen molar-refractivity contribution >= 4 is 34.3 Å². The lowest BCUT2D eigenvalue weighted by Gasteiger charge is -2.15. The van der Waals surface area contributed by atoms with Gasteiger partial charge < -0.3 is 5.32 Å². The summed E-state index contributed by atoms with van der Waals surface area (Å²) in [7, 11) is 0. The number of carbonyl (C=O) groups is 1. The van der Waals surface area contributed by atoms with Crippen molar-refractivity contribution in [1.82, 2.24) is 9.97 Å². The van der Waals surface area contributed by atoms with Crippen molar-refractivity contribution in [3.8, 4) is 11.4 Å². The van der Waals surface area contributed by atoms with Crippen LogP contribution in [0.4, 0.5) is 5.69 Å². The molecule has 4 rings (SSSR count). The molecule has 1 heterocycles. The highest BCUT2D eigenvalue weighted by Crippen LogP contribution is 2.31. The maximum Gasteiger partial charge on any atom is 0.237 e. The molecular weight excluding hydrogens is 378 g/mol. The van der Waals surface area contributed by atoms with Gasteiger partial charge in [0.15, 0.2) is 5.82 Å². The Hall–Kier alpha value is -3.18. The molecule has 0 aliphatic carbocycles. The lowest BCUT2D eigenvalue weighted by atomic mass is 10.2. The van der Waals surface area contributed by atoms with Crippen molar-refractivity contribution in [3.63, 3.8) is 0 Å².